The maximum atomic E-state index is 11.9. The number of rotatable bonds is 17. The fourth-order valence-electron chi connectivity index (χ4n) is 3.42. The predicted octanol–water partition coefficient (Wildman–Crippen LogP) is 6.43. The summed E-state index contributed by atoms with van der Waals surface area (Å²) in [6.07, 6.45) is 18.9. The van der Waals surface area contributed by atoms with Gasteiger partial charge in [-0.1, -0.05) is 84.0 Å². The van der Waals surface area contributed by atoms with Gasteiger partial charge in [-0.25, -0.2) is 0 Å². The first-order chi connectivity index (χ1) is 14.1. The molecule has 0 fully saturated rings. The van der Waals surface area contributed by atoms with E-state index in [1.807, 2.05) is 0 Å². The lowest BCUT2D eigenvalue weighted by Gasteiger charge is -2.09. The van der Waals surface area contributed by atoms with Crippen LogP contribution in [0.25, 0.3) is 0 Å². The highest BCUT2D eigenvalue weighted by Gasteiger charge is 2.13. The Morgan fingerprint density at radius 1 is 0.966 bits per heavy atom. The van der Waals surface area contributed by atoms with Crippen LogP contribution in [-0.4, -0.2) is 22.3 Å². The van der Waals surface area contributed by atoms with Crippen LogP contribution in [0.1, 0.15) is 118 Å². The fourth-order valence-corrected chi connectivity index (χ4v) is 3.42. The Morgan fingerprint density at radius 2 is 1.48 bits per heavy atom. The van der Waals surface area contributed by atoms with Crippen molar-refractivity contribution in [1.29, 1.82) is 0 Å². The zero-order valence-electron chi connectivity index (χ0n) is 18.4. The van der Waals surface area contributed by atoms with Crippen LogP contribution in [0.5, 0.6) is 5.75 Å². The van der Waals surface area contributed by atoms with Crippen molar-refractivity contribution in [2.45, 2.75) is 110 Å². The second-order valence-corrected chi connectivity index (χ2v) is 7.90. The number of aromatic nitrogens is 1. The number of aldehydes is 1. The van der Waals surface area contributed by atoms with Crippen molar-refractivity contribution >= 4 is 12.3 Å². The number of aryl methyl sites for hydroxylation is 1. The average Bonchev–Trinajstić information content (AvgIpc) is 2.72. The summed E-state index contributed by atoms with van der Waals surface area (Å²) in [6.45, 7) is 3.84. The van der Waals surface area contributed by atoms with Gasteiger partial charge in [-0.05, 0) is 13.3 Å². The summed E-state index contributed by atoms with van der Waals surface area (Å²) in [7, 11) is 0. The van der Waals surface area contributed by atoms with Gasteiger partial charge in [0.05, 0.1) is 11.3 Å². The number of hydrogen-bond donors (Lipinski definition) is 1. The molecule has 0 bridgehead atoms. The lowest BCUT2D eigenvalue weighted by atomic mass is 10.0. The summed E-state index contributed by atoms with van der Waals surface area (Å²) < 4.78 is 5.22. The van der Waals surface area contributed by atoms with Crippen molar-refractivity contribution in [1.82, 2.24) is 4.98 Å². The van der Waals surface area contributed by atoms with Crippen molar-refractivity contribution in [3.8, 4) is 5.75 Å². The van der Waals surface area contributed by atoms with Crippen molar-refractivity contribution in [2.24, 2.45) is 0 Å². The lowest BCUT2D eigenvalue weighted by Crippen LogP contribution is -2.07. The van der Waals surface area contributed by atoms with E-state index in [0.29, 0.717) is 24.0 Å². The molecular weight excluding hydrogens is 366 g/mol. The van der Waals surface area contributed by atoms with E-state index in [-0.39, 0.29) is 23.9 Å². The topological polar surface area (TPSA) is 76.5 Å². The molecular formula is C24H39NO4. The molecule has 0 saturated heterocycles. The summed E-state index contributed by atoms with van der Waals surface area (Å²) in [5, 5.41) is 9.85. The Hall–Kier alpha value is -1.91. The number of pyridine rings is 1. The van der Waals surface area contributed by atoms with Crippen LogP contribution < -0.4 is 0 Å². The summed E-state index contributed by atoms with van der Waals surface area (Å²) in [4.78, 5) is 27.0. The molecule has 5 nitrogen and oxygen atoms in total. The minimum absolute atomic E-state index is 0.0355. The molecule has 0 aliphatic rings. The van der Waals surface area contributed by atoms with Crippen LogP contribution in [-0.2, 0) is 16.1 Å². The summed E-state index contributed by atoms with van der Waals surface area (Å²) in [5.74, 6) is -0.421. The van der Waals surface area contributed by atoms with E-state index < -0.39 is 0 Å². The molecule has 1 N–H and O–H groups in total. The van der Waals surface area contributed by atoms with E-state index in [4.69, 9.17) is 4.74 Å². The highest BCUT2D eigenvalue weighted by molar-refractivity contribution is 5.81. The highest BCUT2D eigenvalue weighted by atomic mass is 16.5. The number of carbonyl (C=O) groups is 2. The molecule has 0 atom stereocenters. The molecule has 0 unspecified atom stereocenters. The molecule has 29 heavy (non-hydrogen) atoms. The van der Waals surface area contributed by atoms with E-state index in [1.54, 1.807) is 6.92 Å². The Morgan fingerprint density at radius 3 is 2.00 bits per heavy atom. The fraction of sp³-hybridized carbons (Fsp3) is 0.708. The molecule has 0 aromatic carbocycles. The molecule has 1 heterocycles. The molecule has 164 valence electrons. The summed E-state index contributed by atoms with van der Waals surface area (Å²) in [5.41, 5.74) is 0.960. The van der Waals surface area contributed by atoms with E-state index in [2.05, 4.69) is 11.9 Å². The van der Waals surface area contributed by atoms with Gasteiger partial charge in [-0.15, -0.1) is 0 Å². The minimum Gasteiger partial charge on any atom is -0.505 e. The van der Waals surface area contributed by atoms with Gasteiger partial charge in [-0.3, -0.25) is 14.6 Å². The molecule has 0 aliphatic heterocycles. The van der Waals surface area contributed by atoms with Gasteiger partial charge in [0, 0.05) is 18.2 Å². The van der Waals surface area contributed by atoms with Gasteiger partial charge in [0.15, 0.2) is 6.29 Å². The van der Waals surface area contributed by atoms with Crippen LogP contribution in [0, 0.1) is 6.92 Å². The van der Waals surface area contributed by atoms with Gasteiger partial charge in [-0.2, -0.15) is 0 Å². The largest absolute Gasteiger partial charge is 0.505 e. The zero-order valence-corrected chi connectivity index (χ0v) is 18.4. The van der Waals surface area contributed by atoms with Crippen LogP contribution in [0.2, 0.25) is 0 Å². The van der Waals surface area contributed by atoms with Crippen molar-refractivity contribution in [3.05, 3.63) is 23.0 Å². The number of aromatic hydroxyl groups is 1. The van der Waals surface area contributed by atoms with Gasteiger partial charge >= 0.3 is 5.97 Å². The van der Waals surface area contributed by atoms with Crippen molar-refractivity contribution in [2.75, 3.05) is 0 Å². The number of ether oxygens (including phenoxy) is 1. The van der Waals surface area contributed by atoms with Gasteiger partial charge < -0.3 is 9.84 Å². The molecule has 0 radical (unpaired) electrons. The van der Waals surface area contributed by atoms with Crippen LogP contribution in [0.15, 0.2) is 6.20 Å². The van der Waals surface area contributed by atoms with Crippen LogP contribution >= 0.6 is 0 Å². The molecule has 0 amide bonds. The SMILES string of the molecule is CCCCCCCCCCCCCCCC(=O)OCc1cnc(C)c(O)c1C=O. The molecule has 1 aromatic heterocycles. The third-order valence-electron chi connectivity index (χ3n) is 5.35. The Balaban J connectivity index is 2.01. The Labute approximate surface area is 176 Å². The highest BCUT2D eigenvalue weighted by Crippen LogP contribution is 2.22. The second kappa shape index (κ2) is 15.9. The second-order valence-electron chi connectivity index (χ2n) is 7.90. The number of nitrogens with zero attached hydrogens (tertiary/aromatic N) is 1. The quantitative estimate of drug-likeness (QED) is 0.183. The Bertz CT molecular complexity index is 601. The maximum absolute atomic E-state index is 11.9. The molecule has 0 spiro atoms. The average molecular weight is 406 g/mol. The number of unbranched alkanes of at least 4 members (excludes halogenated alkanes) is 12. The standard InChI is InChI=1S/C24H39NO4/c1-3-4-5-6-7-8-9-10-11-12-13-14-15-16-23(27)29-19-21-17-25-20(2)24(28)22(21)18-26/h17-18,28H,3-16,19H2,1-2H3. The van der Waals surface area contributed by atoms with Crippen molar-refractivity contribution < 1.29 is 19.4 Å². The number of carbonyl (C=O) groups excluding carboxylic acids is 2. The monoisotopic (exact) mass is 405 g/mol. The van der Waals surface area contributed by atoms with E-state index >= 15 is 0 Å². The smallest absolute Gasteiger partial charge is 0.306 e. The molecule has 0 aliphatic carbocycles. The van der Waals surface area contributed by atoms with Gasteiger partial charge in [0.25, 0.3) is 0 Å². The lowest BCUT2D eigenvalue weighted by molar-refractivity contribution is -0.145. The van der Waals surface area contributed by atoms with E-state index in [0.717, 1.165) is 19.3 Å². The van der Waals surface area contributed by atoms with Crippen LogP contribution in [0.4, 0.5) is 0 Å². The molecule has 5 heteroatoms. The van der Waals surface area contributed by atoms with Gasteiger partial charge in [0.1, 0.15) is 12.4 Å². The molecule has 1 aromatic rings. The first-order valence-corrected chi connectivity index (χ1v) is 11.4. The summed E-state index contributed by atoms with van der Waals surface area (Å²) in [6, 6.07) is 0. The Kier molecular flexibility index (Phi) is 13.8. The molecule has 0 saturated carbocycles. The zero-order chi connectivity index (χ0) is 21.3. The first kappa shape index (κ1) is 25.1. The third-order valence-corrected chi connectivity index (χ3v) is 5.35. The van der Waals surface area contributed by atoms with E-state index in [9.17, 15) is 14.7 Å². The molecule has 1 rings (SSSR count). The first-order valence-electron chi connectivity index (χ1n) is 11.4. The predicted molar refractivity (Wildman–Crippen MR) is 116 cm³/mol. The number of hydrogen-bond acceptors (Lipinski definition) is 5. The minimum atomic E-state index is -0.273. The van der Waals surface area contributed by atoms with E-state index in [1.165, 1.54) is 70.4 Å². The maximum Gasteiger partial charge on any atom is 0.306 e. The summed E-state index contributed by atoms with van der Waals surface area (Å²) >= 11 is 0. The van der Waals surface area contributed by atoms with Gasteiger partial charge in [0.2, 0.25) is 0 Å². The third kappa shape index (κ3) is 11.0. The normalized spacial score (nSPS) is 10.8. The van der Waals surface area contributed by atoms with Crippen LogP contribution in [0.3, 0.4) is 0 Å². The number of esters is 1. The van der Waals surface area contributed by atoms with Crippen molar-refractivity contribution in [3.63, 3.8) is 0 Å².